The SMILES string of the molecule is Cc1ccccc1OCc1cn(C)c2cccc(F)c12. The fourth-order valence-electron chi connectivity index (χ4n) is 2.48. The zero-order valence-corrected chi connectivity index (χ0v) is 11.6. The van der Waals surface area contributed by atoms with Crippen molar-refractivity contribution in [3.05, 3.63) is 65.6 Å². The van der Waals surface area contributed by atoms with Gasteiger partial charge in [-0.1, -0.05) is 24.3 Å². The fraction of sp³-hybridized carbons (Fsp3) is 0.176. The Balaban J connectivity index is 1.94. The number of benzene rings is 2. The molecule has 1 aromatic heterocycles. The van der Waals surface area contributed by atoms with Crippen LogP contribution in [0.15, 0.2) is 48.7 Å². The summed E-state index contributed by atoms with van der Waals surface area (Å²) in [6.07, 6.45) is 1.92. The Morgan fingerprint density at radius 2 is 1.90 bits per heavy atom. The number of ether oxygens (including phenoxy) is 1. The smallest absolute Gasteiger partial charge is 0.132 e. The number of rotatable bonds is 3. The highest BCUT2D eigenvalue weighted by molar-refractivity contribution is 5.84. The van der Waals surface area contributed by atoms with Crippen molar-refractivity contribution in [3.8, 4) is 5.75 Å². The third-order valence-electron chi connectivity index (χ3n) is 3.52. The molecule has 0 unspecified atom stereocenters. The maximum atomic E-state index is 14.0. The molecule has 0 saturated carbocycles. The lowest BCUT2D eigenvalue weighted by Crippen LogP contribution is -1.96. The van der Waals surface area contributed by atoms with Crippen LogP contribution in [0.4, 0.5) is 4.39 Å². The second kappa shape index (κ2) is 5.00. The van der Waals surface area contributed by atoms with Gasteiger partial charge in [-0.3, -0.25) is 0 Å². The molecule has 0 atom stereocenters. The molecule has 0 amide bonds. The minimum Gasteiger partial charge on any atom is -0.489 e. The normalized spacial score (nSPS) is 10.9. The van der Waals surface area contributed by atoms with Crippen molar-refractivity contribution in [2.24, 2.45) is 7.05 Å². The van der Waals surface area contributed by atoms with Crippen LogP contribution < -0.4 is 4.74 Å². The van der Waals surface area contributed by atoms with Gasteiger partial charge in [-0.15, -0.1) is 0 Å². The van der Waals surface area contributed by atoms with Gasteiger partial charge in [-0.05, 0) is 30.7 Å². The molecule has 0 aliphatic carbocycles. The van der Waals surface area contributed by atoms with Crippen LogP contribution in [-0.4, -0.2) is 4.57 Å². The average Bonchev–Trinajstić information content (AvgIpc) is 2.76. The van der Waals surface area contributed by atoms with Gasteiger partial charge in [0.25, 0.3) is 0 Å². The number of aryl methyl sites for hydroxylation is 2. The molecule has 0 aliphatic rings. The van der Waals surface area contributed by atoms with E-state index in [4.69, 9.17) is 4.74 Å². The Bertz CT molecular complexity index is 761. The van der Waals surface area contributed by atoms with Gasteiger partial charge in [0.15, 0.2) is 0 Å². The van der Waals surface area contributed by atoms with Crippen molar-refractivity contribution in [3.63, 3.8) is 0 Å². The van der Waals surface area contributed by atoms with Gasteiger partial charge in [-0.2, -0.15) is 0 Å². The standard InChI is InChI=1S/C17H16FNO/c1-12-6-3-4-9-16(12)20-11-13-10-19(2)15-8-5-7-14(18)17(13)15/h3-10H,11H2,1-2H3. The zero-order chi connectivity index (χ0) is 14.1. The van der Waals surface area contributed by atoms with E-state index in [9.17, 15) is 4.39 Å². The third kappa shape index (κ3) is 2.16. The quantitative estimate of drug-likeness (QED) is 0.695. The first-order chi connectivity index (χ1) is 9.66. The highest BCUT2D eigenvalue weighted by atomic mass is 19.1. The number of fused-ring (bicyclic) bond motifs is 1. The molecule has 3 rings (SSSR count). The summed E-state index contributed by atoms with van der Waals surface area (Å²) in [6, 6.07) is 13.0. The maximum Gasteiger partial charge on any atom is 0.132 e. The molecule has 1 heterocycles. The molecular weight excluding hydrogens is 253 g/mol. The fourth-order valence-corrected chi connectivity index (χ4v) is 2.48. The molecule has 0 saturated heterocycles. The largest absolute Gasteiger partial charge is 0.489 e. The van der Waals surface area contributed by atoms with Crippen molar-refractivity contribution in [1.82, 2.24) is 4.57 Å². The highest BCUT2D eigenvalue weighted by Crippen LogP contribution is 2.25. The first-order valence-corrected chi connectivity index (χ1v) is 6.57. The number of para-hydroxylation sites is 1. The van der Waals surface area contributed by atoms with Crippen LogP contribution in [0, 0.1) is 12.7 Å². The summed E-state index contributed by atoms with van der Waals surface area (Å²) in [5, 5.41) is 0.642. The van der Waals surface area contributed by atoms with Gasteiger partial charge in [-0.25, -0.2) is 4.39 Å². The van der Waals surface area contributed by atoms with Gasteiger partial charge >= 0.3 is 0 Å². The number of aromatic nitrogens is 1. The van der Waals surface area contributed by atoms with E-state index in [2.05, 4.69) is 0 Å². The molecule has 20 heavy (non-hydrogen) atoms. The Morgan fingerprint density at radius 3 is 2.70 bits per heavy atom. The van der Waals surface area contributed by atoms with Crippen LogP contribution in [0.1, 0.15) is 11.1 Å². The minimum atomic E-state index is -0.202. The Morgan fingerprint density at radius 1 is 1.10 bits per heavy atom. The lowest BCUT2D eigenvalue weighted by atomic mass is 10.1. The number of nitrogens with zero attached hydrogens (tertiary/aromatic N) is 1. The van der Waals surface area contributed by atoms with Crippen LogP contribution in [0.2, 0.25) is 0 Å². The number of hydrogen-bond acceptors (Lipinski definition) is 1. The van der Waals surface area contributed by atoms with Crippen molar-refractivity contribution in [1.29, 1.82) is 0 Å². The summed E-state index contributed by atoms with van der Waals surface area (Å²) in [4.78, 5) is 0. The predicted molar refractivity (Wildman–Crippen MR) is 78.4 cm³/mol. The Labute approximate surface area is 117 Å². The topological polar surface area (TPSA) is 14.2 Å². The molecular formula is C17H16FNO. The van der Waals surface area contributed by atoms with Gasteiger partial charge in [0, 0.05) is 24.2 Å². The summed E-state index contributed by atoms with van der Waals surface area (Å²) in [6.45, 7) is 2.36. The van der Waals surface area contributed by atoms with Gasteiger partial charge in [0.1, 0.15) is 18.2 Å². The van der Waals surface area contributed by atoms with Crippen LogP contribution in [0.5, 0.6) is 5.75 Å². The first kappa shape index (κ1) is 12.7. The number of halogens is 1. The van der Waals surface area contributed by atoms with Gasteiger partial charge in [0.05, 0.1) is 5.52 Å². The lowest BCUT2D eigenvalue weighted by Gasteiger charge is -2.08. The highest BCUT2D eigenvalue weighted by Gasteiger charge is 2.11. The molecule has 0 radical (unpaired) electrons. The molecule has 3 heteroatoms. The first-order valence-electron chi connectivity index (χ1n) is 6.57. The van der Waals surface area contributed by atoms with Crippen LogP contribution in [0.25, 0.3) is 10.9 Å². The average molecular weight is 269 g/mol. The molecule has 0 N–H and O–H groups in total. The van der Waals surface area contributed by atoms with Crippen molar-refractivity contribution in [2.45, 2.75) is 13.5 Å². The van der Waals surface area contributed by atoms with E-state index in [1.165, 1.54) is 6.07 Å². The molecule has 0 fully saturated rings. The van der Waals surface area contributed by atoms with Crippen molar-refractivity contribution < 1.29 is 9.13 Å². The molecule has 0 spiro atoms. The van der Waals surface area contributed by atoms with Crippen molar-refractivity contribution in [2.75, 3.05) is 0 Å². The van der Waals surface area contributed by atoms with Gasteiger partial charge in [0.2, 0.25) is 0 Å². The van der Waals surface area contributed by atoms with E-state index in [1.807, 2.05) is 55.1 Å². The van der Waals surface area contributed by atoms with E-state index in [1.54, 1.807) is 6.07 Å². The zero-order valence-electron chi connectivity index (χ0n) is 11.6. The summed E-state index contributed by atoms with van der Waals surface area (Å²) in [5.41, 5.74) is 2.82. The van der Waals surface area contributed by atoms with Crippen LogP contribution in [-0.2, 0) is 13.7 Å². The van der Waals surface area contributed by atoms with E-state index in [-0.39, 0.29) is 5.82 Å². The Kier molecular flexibility index (Phi) is 3.18. The predicted octanol–water partition coefficient (Wildman–Crippen LogP) is 4.20. The summed E-state index contributed by atoms with van der Waals surface area (Å²) < 4.78 is 21.7. The monoisotopic (exact) mass is 269 g/mol. The van der Waals surface area contributed by atoms with E-state index < -0.39 is 0 Å². The second-order valence-electron chi connectivity index (χ2n) is 4.95. The Hall–Kier alpha value is -2.29. The van der Waals surface area contributed by atoms with E-state index in [0.717, 1.165) is 22.4 Å². The van der Waals surface area contributed by atoms with Crippen LogP contribution in [0.3, 0.4) is 0 Å². The molecule has 2 aromatic carbocycles. The van der Waals surface area contributed by atoms with Crippen molar-refractivity contribution >= 4 is 10.9 Å². The molecule has 0 aliphatic heterocycles. The molecule has 102 valence electrons. The molecule has 2 nitrogen and oxygen atoms in total. The molecule has 3 aromatic rings. The summed E-state index contributed by atoms with van der Waals surface area (Å²) in [5.74, 6) is 0.632. The summed E-state index contributed by atoms with van der Waals surface area (Å²) in [7, 11) is 1.92. The van der Waals surface area contributed by atoms with Crippen LogP contribution >= 0.6 is 0 Å². The molecule has 0 bridgehead atoms. The lowest BCUT2D eigenvalue weighted by molar-refractivity contribution is 0.305. The minimum absolute atomic E-state index is 0.202. The van der Waals surface area contributed by atoms with E-state index >= 15 is 0 Å². The second-order valence-corrected chi connectivity index (χ2v) is 4.95. The maximum absolute atomic E-state index is 14.0. The number of hydrogen-bond donors (Lipinski definition) is 0. The third-order valence-corrected chi connectivity index (χ3v) is 3.52. The summed E-state index contributed by atoms with van der Waals surface area (Å²) >= 11 is 0. The van der Waals surface area contributed by atoms with Gasteiger partial charge < -0.3 is 9.30 Å². The van der Waals surface area contributed by atoms with E-state index in [0.29, 0.717) is 12.0 Å².